The highest BCUT2D eigenvalue weighted by molar-refractivity contribution is 5.92. The zero-order valence-corrected chi connectivity index (χ0v) is 29.1. The fourth-order valence-electron chi connectivity index (χ4n) is 5.42. The minimum absolute atomic E-state index is 0.00518. The number of aliphatic hydroxyl groups is 2. The zero-order valence-electron chi connectivity index (χ0n) is 29.1. The molecule has 0 aliphatic rings. The first-order chi connectivity index (χ1) is 24.7. The van der Waals surface area contributed by atoms with Gasteiger partial charge in [-0.2, -0.15) is 0 Å². The monoisotopic (exact) mass is 714 g/mol. The summed E-state index contributed by atoms with van der Waals surface area (Å²) in [6.45, 7) is 3.20. The molecule has 0 radical (unpaired) electrons. The van der Waals surface area contributed by atoms with Gasteiger partial charge in [-0.25, -0.2) is 9.59 Å². The number of aromatic hydroxyl groups is 4. The molecular formula is C40H46N2O10. The lowest BCUT2D eigenvalue weighted by molar-refractivity contribution is -0.159. The fourth-order valence-corrected chi connectivity index (χ4v) is 5.42. The van der Waals surface area contributed by atoms with Crippen molar-refractivity contribution in [2.45, 2.75) is 63.2 Å². The number of nitrogens with one attached hydrogen (secondary N) is 2. The number of hydrogen-bond donors (Lipinski definition) is 8. The highest BCUT2D eigenvalue weighted by atomic mass is 16.6. The number of rotatable bonds is 18. The number of carbonyl (C=O) groups excluding carboxylic acids is 2. The Balaban J connectivity index is 1.43. The van der Waals surface area contributed by atoms with Crippen LogP contribution in [0.1, 0.15) is 61.2 Å². The van der Waals surface area contributed by atoms with Crippen molar-refractivity contribution in [3.63, 3.8) is 0 Å². The Morgan fingerprint density at radius 2 is 0.962 bits per heavy atom. The number of phenolic OH excluding ortho intramolecular Hbond substituents is 4. The van der Waals surface area contributed by atoms with Crippen molar-refractivity contribution in [2.75, 3.05) is 13.1 Å². The van der Waals surface area contributed by atoms with Crippen molar-refractivity contribution >= 4 is 11.9 Å². The van der Waals surface area contributed by atoms with Crippen LogP contribution in [0, 0.1) is 0 Å². The Bertz CT molecular complexity index is 1670. The predicted molar refractivity (Wildman–Crippen MR) is 193 cm³/mol. The molecule has 0 aliphatic heterocycles. The average molecular weight is 715 g/mol. The first-order valence-electron chi connectivity index (χ1n) is 16.8. The Labute approximate surface area is 302 Å². The van der Waals surface area contributed by atoms with Gasteiger partial charge in [-0.1, -0.05) is 48.5 Å². The Hall–Kier alpha value is -5.40. The number of phenols is 4. The molecule has 12 heteroatoms. The zero-order chi connectivity index (χ0) is 37.7. The first-order valence-corrected chi connectivity index (χ1v) is 16.8. The van der Waals surface area contributed by atoms with Gasteiger partial charge in [0.05, 0.1) is 12.2 Å². The molecule has 0 saturated heterocycles. The lowest BCUT2D eigenvalue weighted by Gasteiger charge is -2.32. The van der Waals surface area contributed by atoms with Gasteiger partial charge in [0, 0.05) is 38.1 Å². The van der Waals surface area contributed by atoms with E-state index in [1.165, 1.54) is 24.3 Å². The summed E-state index contributed by atoms with van der Waals surface area (Å²) in [5.41, 5.74) is 0.00945. The normalized spacial score (nSPS) is 14.9. The summed E-state index contributed by atoms with van der Waals surface area (Å²) in [5.74, 6) is -1.50. The maximum atomic E-state index is 13.1. The standard InChI is InChI=1S/C40H46N2O10/c1-39(21-19-27-9-13-31(43)14-10-27,41-25-35(47)29-5-3-7-33(45)23-29)51-37(49)17-18-38(50)52-40(2,22-20-28-11-15-32(44)16-12-28)42-26-36(48)30-6-4-8-34(46)24-30/h3-18,23-24,35-36,41-48H,19-22,25-26H2,1-2H3/b18-17+/t35?,36?,39-,40-/m1/s1. The number of hydrogen-bond acceptors (Lipinski definition) is 12. The third-order valence-electron chi connectivity index (χ3n) is 8.51. The van der Waals surface area contributed by atoms with Gasteiger partial charge in [0.2, 0.25) is 0 Å². The minimum Gasteiger partial charge on any atom is -0.508 e. The molecule has 8 N–H and O–H groups in total. The topological polar surface area (TPSA) is 198 Å². The molecule has 0 heterocycles. The maximum Gasteiger partial charge on any atom is 0.332 e. The van der Waals surface area contributed by atoms with E-state index in [4.69, 9.17) is 9.47 Å². The van der Waals surface area contributed by atoms with Gasteiger partial charge in [0.15, 0.2) is 11.4 Å². The lowest BCUT2D eigenvalue weighted by atomic mass is 10.0. The summed E-state index contributed by atoms with van der Waals surface area (Å²) in [6.07, 6.45) is 1.19. The quantitative estimate of drug-likeness (QED) is 0.0399. The van der Waals surface area contributed by atoms with Crippen molar-refractivity contribution < 1.29 is 49.7 Å². The molecule has 0 fully saturated rings. The van der Waals surface area contributed by atoms with Crippen molar-refractivity contribution in [1.29, 1.82) is 0 Å². The number of carbonyl (C=O) groups is 2. The summed E-state index contributed by atoms with van der Waals surface area (Å²) >= 11 is 0. The number of aryl methyl sites for hydroxylation is 2. The van der Waals surface area contributed by atoms with E-state index < -0.39 is 35.6 Å². The molecular weight excluding hydrogens is 668 g/mol. The van der Waals surface area contributed by atoms with Crippen LogP contribution in [-0.2, 0) is 31.9 Å². The van der Waals surface area contributed by atoms with Gasteiger partial charge in [0.1, 0.15) is 23.0 Å². The summed E-state index contributed by atoms with van der Waals surface area (Å²) < 4.78 is 11.6. The van der Waals surface area contributed by atoms with Crippen LogP contribution >= 0.6 is 0 Å². The van der Waals surface area contributed by atoms with Crippen LogP contribution in [-0.4, -0.2) is 67.1 Å². The Morgan fingerprint density at radius 1 is 0.596 bits per heavy atom. The Kier molecular flexibility index (Phi) is 13.8. The second kappa shape index (κ2) is 18.2. The summed E-state index contributed by atoms with van der Waals surface area (Å²) in [5, 5.41) is 66.7. The molecule has 12 nitrogen and oxygen atoms in total. The Morgan fingerprint density at radius 3 is 1.31 bits per heavy atom. The number of benzene rings is 4. The third kappa shape index (κ3) is 12.7. The van der Waals surface area contributed by atoms with Gasteiger partial charge >= 0.3 is 11.9 Å². The molecule has 0 saturated carbocycles. The fraction of sp³-hybridized carbons (Fsp3) is 0.300. The summed E-state index contributed by atoms with van der Waals surface area (Å²) in [4.78, 5) is 26.2. The van der Waals surface area contributed by atoms with Gasteiger partial charge in [-0.15, -0.1) is 0 Å². The van der Waals surface area contributed by atoms with Gasteiger partial charge in [-0.3, -0.25) is 10.6 Å². The van der Waals surface area contributed by atoms with E-state index in [0.717, 1.165) is 23.3 Å². The molecule has 276 valence electrons. The van der Waals surface area contributed by atoms with Gasteiger partial charge in [-0.05, 0) is 97.5 Å². The highest BCUT2D eigenvalue weighted by Crippen LogP contribution is 2.24. The lowest BCUT2D eigenvalue weighted by Crippen LogP contribution is -2.48. The molecule has 0 aliphatic carbocycles. The molecule has 0 aromatic heterocycles. The van der Waals surface area contributed by atoms with E-state index in [1.54, 1.807) is 86.6 Å². The molecule has 0 spiro atoms. The average Bonchev–Trinajstić information content (AvgIpc) is 3.12. The van der Waals surface area contributed by atoms with Crippen LogP contribution in [0.2, 0.25) is 0 Å². The van der Waals surface area contributed by atoms with Crippen LogP contribution in [0.25, 0.3) is 0 Å². The number of aliphatic hydroxyl groups excluding tert-OH is 2. The van der Waals surface area contributed by atoms with Crippen LogP contribution in [0.4, 0.5) is 0 Å². The van der Waals surface area contributed by atoms with E-state index in [-0.39, 0.29) is 48.9 Å². The molecule has 0 bridgehead atoms. The SMILES string of the molecule is C[C@@](CCc1ccc(O)cc1)(NCC(O)c1cccc(O)c1)OC(=O)/C=C/C(=O)O[C@](C)(CCc1ccc(O)cc1)NCC(O)c1cccc(O)c1. The predicted octanol–water partition coefficient (Wildman–Crippen LogP) is 4.80. The van der Waals surface area contributed by atoms with Crippen molar-refractivity contribution in [1.82, 2.24) is 10.6 Å². The third-order valence-corrected chi connectivity index (χ3v) is 8.51. The van der Waals surface area contributed by atoms with Crippen molar-refractivity contribution in [2.24, 2.45) is 0 Å². The molecule has 4 rings (SSSR count). The van der Waals surface area contributed by atoms with Gasteiger partial charge in [0.25, 0.3) is 0 Å². The molecule has 52 heavy (non-hydrogen) atoms. The van der Waals surface area contributed by atoms with Crippen LogP contribution in [0.5, 0.6) is 23.0 Å². The maximum absolute atomic E-state index is 13.1. The largest absolute Gasteiger partial charge is 0.508 e. The highest BCUT2D eigenvalue weighted by Gasteiger charge is 2.31. The molecule has 0 amide bonds. The molecule has 4 atom stereocenters. The van der Waals surface area contributed by atoms with E-state index in [1.807, 2.05) is 0 Å². The van der Waals surface area contributed by atoms with Crippen LogP contribution in [0.3, 0.4) is 0 Å². The van der Waals surface area contributed by atoms with E-state index >= 15 is 0 Å². The van der Waals surface area contributed by atoms with E-state index in [0.29, 0.717) is 24.0 Å². The number of ether oxygens (including phenoxy) is 2. The second-order valence-corrected chi connectivity index (χ2v) is 13.0. The first kappa shape index (κ1) is 39.4. The summed E-state index contributed by atoms with van der Waals surface area (Å²) in [7, 11) is 0. The second-order valence-electron chi connectivity index (χ2n) is 13.0. The minimum atomic E-state index is -1.32. The van der Waals surface area contributed by atoms with E-state index in [2.05, 4.69) is 10.6 Å². The van der Waals surface area contributed by atoms with Gasteiger partial charge < -0.3 is 40.1 Å². The van der Waals surface area contributed by atoms with Crippen LogP contribution < -0.4 is 10.6 Å². The summed E-state index contributed by atoms with van der Waals surface area (Å²) in [6, 6.07) is 25.5. The molecule has 4 aromatic rings. The number of esters is 2. The van der Waals surface area contributed by atoms with E-state index in [9.17, 15) is 40.2 Å². The molecule has 2 unspecified atom stereocenters. The van der Waals surface area contributed by atoms with Crippen molar-refractivity contribution in [3.8, 4) is 23.0 Å². The van der Waals surface area contributed by atoms with Crippen molar-refractivity contribution in [3.05, 3.63) is 131 Å². The molecule has 4 aromatic carbocycles. The smallest absolute Gasteiger partial charge is 0.332 e. The van der Waals surface area contributed by atoms with Crippen LogP contribution in [0.15, 0.2) is 109 Å².